The molecule has 4 N–H and O–H groups in total. The van der Waals surface area contributed by atoms with Crippen LogP contribution in [0, 0.1) is 0 Å². The number of nitrogens with one attached hydrogen (secondary N) is 4. The normalized spacial score (nSPS) is 19.2. The molecular weight excluding hydrogens is 488 g/mol. The van der Waals surface area contributed by atoms with E-state index in [1.807, 2.05) is 24.3 Å². The van der Waals surface area contributed by atoms with Crippen LogP contribution in [0.1, 0.15) is 48.5 Å². The molecule has 2 aromatic rings. The number of amides is 4. The maximum Gasteiger partial charge on any atom is 0.255 e. The van der Waals surface area contributed by atoms with Crippen LogP contribution >= 0.6 is 0 Å². The summed E-state index contributed by atoms with van der Waals surface area (Å²) in [5, 5.41) is 11.0. The van der Waals surface area contributed by atoms with Gasteiger partial charge in [0.15, 0.2) is 0 Å². The molecule has 2 atom stereocenters. The molecule has 1 aliphatic heterocycles. The van der Waals surface area contributed by atoms with Crippen molar-refractivity contribution in [3.63, 3.8) is 0 Å². The third-order valence-electron chi connectivity index (χ3n) is 6.14. The van der Waals surface area contributed by atoms with Gasteiger partial charge in [-0.3, -0.25) is 19.2 Å². The van der Waals surface area contributed by atoms with Gasteiger partial charge in [0.25, 0.3) is 5.91 Å². The molecule has 10 heteroatoms. The summed E-state index contributed by atoms with van der Waals surface area (Å²) >= 11 is 0. The highest BCUT2D eigenvalue weighted by Crippen LogP contribution is 2.19. The molecule has 0 aromatic heterocycles. The van der Waals surface area contributed by atoms with Gasteiger partial charge in [0.2, 0.25) is 17.7 Å². The Hall–Kier alpha value is -4.08. The minimum absolute atomic E-state index is 0.0437. The molecule has 204 valence electrons. The summed E-state index contributed by atoms with van der Waals surface area (Å²) < 4.78 is 11.0. The van der Waals surface area contributed by atoms with Crippen LogP contribution in [0.15, 0.2) is 48.5 Å². The van der Waals surface area contributed by atoms with Crippen molar-refractivity contribution in [2.24, 2.45) is 0 Å². The molecule has 0 fully saturated rings. The lowest BCUT2D eigenvalue weighted by Gasteiger charge is -2.21. The SMILES string of the molecule is COc1cccc(CCCNC(=O)[C@@H]2CCC(=O)N[C@@H](C)C(=O)NCCCOc3ccccc3C(=O)N2)c1. The van der Waals surface area contributed by atoms with Crippen molar-refractivity contribution in [3.05, 3.63) is 59.7 Å². The molecule has 0 saturated carbocycles. The minimum Gasteiger partial charge on any atom is -0.497 e. The Labute approximate surface area is 222 Å². The molecule has 1 aliphatic rings. The predicted octanol–water partition coefficient (Wildman–Crippen LogP) is 1.73. The van der Waals surface area contributed by atoms with Crippen LogP contribution in [-0.2, 0) is 20.8 Å². The van der Waals surface area contributed by atoms with E-state index in [2.05, 4.69) is 21.3 Å². The van der Waals surface area contributed by atoms with Gasteiger partial charge in [0.1, 0.15) is 23.6 Å². The number of ether oxygens (including phenoxy) is 2. The third-order valence-corrected chi connectivity index (χ3v) is 6.14. The van der Waals surface area contributed by atoms with Gasteiger partial charge >= 0.3 is 0 Å². The number of hydrogen-bond acceptors (Lipinski definition) is 6. The fourth-order valence-electron chi connectivity index (χ4n) is 4.01. The Morgan fingerprint density at radius 2 is 1.92 bits per heavy atom. The van der Waals surface area contributed by atoms with Gasteiger partial charge in [-0.1, -0.05) is 24.3 Å². The standard InChI is InChI=1S/C28H36N4O6/c1-19-26(34)29-16-7-17-38-24-12-4-3-11-22(24)27(35)32-23(13-14-25(33)31-19)28(36)30-15-6-9-20-8-5-10-21(18-20)37-2/h3-5,8,10-12,18-19,23H,6-7,9,13-17H2,1-2H3,(H,29,34)(H,30,36)(H,31,33)(H,32,35)/t19-,23-/m0/s1. The van der Waals surface area contributed by atoms with Crippen LogP contribution in [-0.4, -0.2) is 62.5 Å². The topological polar surface area (TPSA) is 135 Å². The molecule has 0 spiro atoms. The second-order valence-electron chi connectivity index (χ2n) is 9.09. The van der Waals surface area contributed by atoms with Gasteiger partial charge < -0.3 is 30.7 Å². The van der Waals surface area contributed by atoms with Crippen LogP contribution < -0.4 is 30.7 Å². The zero-order valence-corrected chi connectivity index (χ0v) is 21.9. The largest absolute Gasteiger partial charge is 0.497 e. The summed E-state index contributed by atoms with van der Waals surface area (Å²) in [7, 11) is 1.61. The predicted molar refractivity (Wildman–Crippen MR) is 142 cm³/mol. The summed E-state index contributed by atoms with van der Waals surface area (Å²) in [4.78, 5) is 50.9. The Balaban J connectivity index is 1.67. The summed E-state index contributed by atoms with van der Waals surface area (Å²) in [5.41, 5.74) is 1.38. The highest BCUT2D eigenvalue weighted by Gasteiger charge is 2.25. The zero-order valence-electron chi connectivity index (χ0n) is 21.9. The quantitative estimate of drug-likeness (QED) is 0.425. The first kappa shape index (κ1) is 28.5. The number of rotatable bonds is 6. The molecule has 0 unspecified atom stereocenters. The Bertz CT molecular complexity index is 1120. The van der Waals surface area contributed by atoms with Gasteiger partial charge in [0.05, 0.1) is 19.3 Å². The van der Waals surface area contributed by atoms with Gasteiger partial charge in [-0.25, -0.2) is 0 Å². The first-order valence-corrected chi connectivity index (χ1v) is 12.9. The van der Waals surface area contributed by atoms with Crippen molar-refractivity contribution in [3.8, 4) is 11.5 Å². The lowest BCUT2D eigenvalue weighted by Crippen LogP contribution is -2.49. The van der Waals surface area contributed by atoms with Gasteiger partial charge in [-0.05, 0) is 62.4 Å². The number of carbonyl (C=O) groups is 4. The van der Waals surface area contributed by atoms with E-state index in [0.717, 1.165) is 17.7 Å². The highest BCUT2D eigenvalue weighted by atomic mass is 16.5. The molecule has 0 aliphatic carbocycles. The summed E-state index contributed by atoms with van der Waals surface area (Å²) in [6, 6.07) is 12.8. The van der Waals surface area contributed by atoms with Crippen molar-refractivity contribution in [1.82, 2.24) is 21.3 Å². The van der Waals surface area contributed by atoms with Crippen molar-refractivity contribution in [2.75, 3.05) is 26.8 Å². The molecule has 38 heavy (non-hydrogen) atoms. The Morgan fingerprint density at radius 3 is 2.74 bits per heavy atom. The van der Waals surface area contributed by atoms with Crippen molar-refractivity contribution < 1.29 is 28.7 Å². The number of hydrogen-bond donors (Lipinski definition) is 4. The van der Waals surface area contributed by atoms with E-state index in [1.165, 1.54) is 0 Å². The molecule has 0 saturated heterocycles. The molecule has 2 aromatic carbocycles. The Kier molecular flexibility index (Phi) is 11.0. The van der Waals surface area contributed by atoms with E-state index in [4.69, 9.17) is 9.47 Å². The summed E-state index contributed by atoms with van der Waals surface area (Å²) in [6.07, 6.45) is 1.96. The first-order valence-electron chi connectivity index (χ1n) is 12.9. The van der Waals surface area contributed by atoms with Crippen LogP contribution in [0.4, 0.5) is 0 Å². The number of benzene rings is 2. The van der Waals surface area contributed by atoms with E-state index in [1.54, 1.807) is 38.3 Å². The molecule has 3 rings (SSSR count). The van der Waals surface area contributed by atoms with Gasteiger partial charge in [-0.2, -0.15) is 0 Å². The number of aryl methyl sites for hydroxylation is 1. The average molecular weight is 525 g/mol. The van der Waals surface area contributed by atoms with E-state index in [9.17, 15) is 19.2 Å². The molecule has 0 bridgehead atoms. The zero-order chi connectivity index (χ0) is 27.3. The van der Waals surface area contributed by atoms with E-state index >= 15 is 0 Å². The molecule has 0 radical (unpaired) electrons. The van der Waals surface area contributed by atoms with Crippen LogP contribution in [0.25, 0.3) is 0 Å². The van der Waals surface area contributed by atoms with Gasteiger partial charge in [-0.15, -0.1) is 0 Å². The second kappa shape index (κ2) is 14.6. The summed E-state index contributed by atoms with van der Waals surface area (Å²) in [6.45, 7) is 2.64. The van der Waals surface area contributed by atoms with Crippen molar-refractivity contribution >= 4 is 23.6 Å². The summed E-state index contributed by atoms with van der Waals surface area (Å²) in [5.74, 6) is -0.381. The fourth-order valence-corrected chi connectivity index (χ4v) is 4.01. The van der Waals surface area contributed by atoms with Crippen LogP contribution in [0.2, 0.25) is 0 Å². The second-order valence-corrected chi connectivity index (χ2v) is 9.09. The molecule has 1 heterocycles. The number of para-hydroxylation sites is 1. The fraction of sp³-hybridized carbons (Fsp3) is 0.429. The number of carbonyl (C=O) groups excluding carboxylic acids is 4. The molecule has 10 nitrogen and oxygen atoms in total. The highest BCUT2D eigenvalue weighted by molar-refractivity contribution is 5.99. The number of fused-ring (bicyclic) bond motifs is 1. The van der Waals surface area contributed by atoms with Crippen molar-refractivity contribution in [1.29, 1.82) is 0 Å². The van der Waals surface area contributed by atoms with E-state index in [-0.39, 0.29) is 42.7 Å². The lowest BCUT2D eigenvalue weighted by atomic mass is 10.1. The minimum atomic E-state index is -0.949. The molecular formula is C28H36N4O6. The Morgan fingerprint density at radius 1 is 1.11 bits per heavy atom. The maximum atomic E-state index is 13.1. The smallest absolute Gasteiger partial charge is 0.255 e. The van der Waals surface area contributed by atoms with Crippen LogP contribution in [0.3, 0.4) is 0 Å². The average Bonchev–Trinajstić information content (AvgIpc) is 2.92. The van der Waals surface area contributed by atoms with Crippen LogP contribution in [0.5, 0.6) is 11.5 Å². The lowest BCUT2D eigenvalue weighted by molar-refractivity contribution is -0.129. The van der Waals surface area contributed by atoms with E-state index < -0.39 is 18.0 Å². The van der Waals surface area contributed by atoms with Gasteiger partial charge in [0, 0.05) is 19.5 Å². The third kappa shape index (κ3) is 8.79. The molecule has 4 amide bonds. The first-order chi connectivity index (χ1) is 18.4. The van der Waals surface area contributed by atoms with Crippen molar-refractivity contribution in [2.45, 2.75) is 51.1 Å². The van der Waals surface area contributed by atoms with E-state index in [0.29, 0.717) is 31.7 Å². The maximum absolute atomic E-state index is 13.1. The monoisotopic (exact) mass is 524 g/mol. The number of methoxy groups -OCH3 is 1.